The van der Waals surface area contributed by atoms with Crippen LogP contribution in [-0.2, 0) is 0 Å². The van der Waals surface area contributed by atoms with Crippen molar-refractivity contribution in [2.24, 2.45) is 0 Å². The van der Waals surface area contributed by atoms with E-state index in [2.05, 4.69) is 10.1 Å². The third-order valence-corrected chi connectivity index (χ3v) is 3.61. The van der Waals surface area contributed by atoms with Crippen molar-refractivity contribution in [3.8, 4) is 11.6 Å². The number of nitro groups is 1. The Kier molecular flexibility index (Phi) is 3.59. The van der Waals surface area contributed by atoms with Crippen molar-refractivity contribution in [2.75, 3.05) is 7.11 Å². The summed E-state index contributed by atoms with van der Waals surface area (Å²) in [5, 5.41) is 15.3. The molecule has 0 atom stereocenters. The van der Waals surface area contributed by atoms with Crippen molar-refractivity contribution >= 4 is 39.9 Å². The van der Waals surface area contributed by atoms with E-state index in [1.807, 2.05) is 0 Å². The van der Waals surface area contributed by atoms with Crippen LogP contribution in [0.5, 0.6) is 5.88 Å². The van der Waals surface area contributed by atoms with Crippen LogP contribution in [0.4, 0.5) is 5.69 Å². The molecule has 3 aromatic rings. The number of pyridine rings is 1. The first-order valence-corrected chi connectivity index (χ1v) is 6.79. The molecule has 0 bridgehead atoms. The summed E-state index contributed by atoms with van der Waals surface area (Å²) in [6, 6.07) is 5.89. The fourth-order valence-corrected chi connectivity index (χ4v) is 2.69. The Morgan fingerprint density at radius 2 is 1.95 bits per heavy atom. The number of fused-ring (bicyclic) bond motifs is 1. The zero-order chi connectivity index (χ0) is 15.9. The number of benzene rings is 1. The second-order valence-corrected chi connectivity index (χ2v) is 5.14. The summed E-state index contributed by atoms with van der Waals surface area (Å²) in [6.07, 6.45) is 1.53. The molecule has 3 rings (SSSR count). The van der Waals surface area contributed by atoms with Gasteiger partial charge in [-0.05, 0) is 6.07 Å². The Morgan fingerprint density at radius 1 is 1.27 bits per heavy atom. The van der Waals surface area contributed by atoms with Gasteiger partial charge in [-0.3, -0.25) is 10.1 Å². The van der Waals surface area contributed by atoms with E-state index in [-0.39, 0.29) is 15.7 Å². The lowest BCUT2D eigenvalue weighted by Gasteiger charge is -2.08. The fourth-order valence-electron chi connectivity index (χ4n) is 2.05. The van der Waals surface area contributed by atoms with Crippen LogP contribution in [0.3, 0.4) is 0 Å². The molecule has 9 heteroatoms. The van der Waals surface area contributed by atoms with E-state index < -0.39 is 4.92 Å². The highest BCUT2D eigenvalue weighted by Crippen LogP contribution is 2.34. The van der Waals surface area contributed by atoms with Gasteiger partial charge in [0.2, 0.25) is 5.88 Å². The molecular formula is C13H8Cl2N4O3. The maximum Gasteiger partial charge on any atom is 0.272 e. The second kappa shape index (κ2) is 5.43. The number of aromatic nitrogens is 3. The summed E-state index contributed by atoms with van der Waals surface area (Å²) < 4.78 is 6.53. The number of nitro benzene ring substituents is 1. The van der Waals surface area contributed by atoms with E-state index in [9.17, 15) is 10.1 Å². The normalized spacial score (nSPS) is 10.9. The van der Waals surface area contributed by atoms with E-state index in [4.69, 9.17) is 27.9 Å². The number of halogens is 2. The van der Waals surface area contributed by atoms with Crippen molar-refractivity contribution in [3.05, 3.63) is 50.6 Å². The Bertz CT molecular complexity index is 871. The van der Waals surface area contributed by atoms with Crippen molar-refractivity contribution in [2.45, 2.75) is 0 Å². The number of methoxy groups -OCH3 is 1. The topological polar surface area (TPSA) is 83.1 Å². The van der Waals surface area contributed by atoms with Crippen LogP contribution in [0.2, 0.25) is 10.0 Å². The average Bonchev–Trinajstić information content (AvgIpc) is 2.89. The molecule has 2 heterocycles. The first kappa shape index (κ1) is 14.6. The van der Waals surface area contributed by atoms with Crippen LogP contribution >= 0.6 is 23.2 Å². The lowest BCUT2D eigenvalue weighted by molar-refractivity contribution is -0.384. The molecule has 0 saturated carbocycles. The first-order chi connectivity index (χ1) is 10.5. The van der Waals surface area contributed by atoms with Gasteiger partial charge >= 0.3 is 0 Å². The number of ether oxygens (including phenoxy) is 1. The van der Waals surface area contributed by atoms with Gasteiger partial charge < -0.3 is 4.74 Å². The highest BCUT2D eigenvalue weighted by molar-refractivity contribution is 6.38. The number of hydrogen-bond donors (Lipinski definition) is 0. The summed E-state index contributed by atoms with van der Waals surface area (Å²) in [5.41, 5.74) is 1.41. The number of rotatable bonds is 3. The van der Waals surface area contributed by atoms with E-state index in [0.717, 1.165) is 0 Å². The highest BCUT2D eigenvalue weighted by Gasteiger charge is 2.18. The molecule has 112 valence electrons. The SMILES string of the molecule is COc1ccc2c(cnn2-c2c(Cl)cc([N+](=O)[O-])cc2Cl)n1. The molecule has 7 nitrogen and oxygen atoms in total. The smallest absolute Gasteiger partial charge is 0.272 e. The molecule has 1 aromatic carbocycles. The van der Waals surface area contributed by atoms with Gasteiger partial charge in [0.15, 0.2) is 0 Å². The molecule has 0 amide bonds. The number of hydrogen-bond acceptors (Lipinski definition) is 5. The molecule has 0 aliphatic rings. The number of non-ortho nitro benzene ring substituents is 1. The zero-order valence-corrected chi connectivity index (χ0v) is 12.7. The predicted molar refractivity (Wildman–Crippen MR) is 82.1 cm³/mol. The van der Waals surface area contributed by atoms with Crippen molar-refractivity contribution in [1.29, 1.82) is 0 Å². The summed E-state index contributed by atoms with van der Waals surface area (Å²) >= 11 is 12.3. The van der Waals surface area contributed by atoms with Gasteiger partial charge in [0.25, 0.3) is 5.69 Å². The Balaban J connectivity index is 2.21. The van der Waals surface area contributed by atoms with Crippen LogP contribution in [0.1, 0.15) is 0 Å². The van der Waals surface area contributed by atoms with E-state index in [1.165, 1.54) is 30.1 Å². The van der Waals surface area contributed by atoms with Gasteiger partial charge in [-0.1, -0.05) is 23.2 Å². The van der Waals surface area contributed by atoms with Crippen molar-refractivity contribution in [1.82, 2.24) is 14.8 Å². The summed E-state index contributed by atoms with van der Waals surface area (Å²) in [4.78, 5) is 14.5. The third-order valence-electron chi connectivity index (χ3n) is 3.03. The lowest BCUT2D eigenvalue weighted by atomic mass is 10.2. The summed E-state index contributed by atoms with van der Waals surface area (Å²) in [5.74, 6) is 0.452. The van der Waals surface area contributed by atoms with Gasteiger partial charge in [-0.2, -0.15) is 5.10 Å². The Morgan fingerprint density at radius 3 is 2.55 bits per heavy atom. The molecule has 0 unspecified atom stereocenters. The average molecular weight is 339 g/mol. The Labute approximate surface area is 134 Å². The van der Waals surface area contributed by atoms with E-state index in [0.29, 0.717) is 22.6 Å². The van der Waals surface area contributed by atoms with E-state index in [1.54, 1.807) is 12.1 Å². The first-order valence-electron chi connectivity index (χ1n) is 6.04. The monoisotopic (exact) mass is 338 g/mol. The van der Waals surface area contributed by atoms with Crippen molar-refractivity contribution < 1.29 is 9.66 Å². The molecule has 0 N–H and O–H groups in total. The van der Waals surface area contributed by atoms with Crippen LogP contribution in [0.15, 0.2) is 30.5 Å². The maximum absolute atomic E-state index is 10.8. The van der Waals surface area contributed by atoms with Gasteiger partial charge in [0.1, 0.15) is 11.2 Å². The van der Waals surface area contributed by atoms with Crippen LogP contribution < -0.4 is 4.74 Å². The Hall–Kier alpha value is -2.38. The molecule has 0 saturated heterocycles. The standard InChI is InChI=1S/C13H8Cl2N4O3/c1-22-12-3-2-11-10(17-12)6-16-18(11)13-8(14)4-7(19(20)21)5-9(13)15/h2-6H,1H3. The highest BCUT2D eigenvalue weighted by atomic mass is 35.5. The molecular weight excluding hydrogens is 331 g/mol. The van der Waals surface area contributed by atoms with Gasteiger partial charge in [-0.25, -0.2) is 9.67 Å². The quantitative estimate of drug-likeness (QED) is 0.537. The minimum Gasteiger partial charge on any atom is -0.481 e. The molecule has 0 aliphatic carbocycles. The minimum atomic E-state index is -0.560. The molecule has 22 heavy (non-hydrogen) atoms. The predicted octanol–water partition coefficient (Wildman–Crippen LogP) is 3.64. The largest absolute Gasteiger partial charge is 0.481 e. The molecule has 0 fully saturated rings. The van der Waals surface area contributed by atoms with E-state index >= 15 is 0 Å². The third kappa shape index (κ3) is 2.34. The van der Waals surface area contributed by atoms with Crippen LogP contribution in [0.25, 0.3) is 16.7 Å². The zero-order valence-electron chi connectivity index (χ0n) is 11.2. The molecule has 2 aromatic heterocycles. The van der Waals surface area contributed by atoms with Crippen LogP contribution in [-0.4, -0.2) is 26.8 Å². The van der Waals surface area contributed by atoms with Crippen LogP contribution in [0, 0.1) is 10.1 Å². The molecule has 0 radical (unpaired) electrons. The molecule has 0 spiro atoms. The van der Waals surface area contributed by atoms with Gasteiger partial charge in [0.05, 0.1) is 33.8 Å². The molecule has 0 aliphatic heterocycles. The number of nitrogens with zero attached hydrogens (tertiary/aromatic N) is 4. The lowest BCUT2D eigenvalue weighted by Crippen LogP contribution is -2.00. The van der Waals surface area contributed by atoms with Gasteiger partial charge in [-0.15, -0.1) is 0 Å². The van der Waals surface area contributed by atoms with Gasteiger partial charge in [0, 0.05) is 18.2 Å². The van der Waals surface area contributed by atoms with Crippen molar-refractivity contribution in [3.63, 3.8) is 0 Å². The second-order valence-electron chi connectivity index (χ2n) is 4.33. The summed E-state index contributed by atoms with van der Waals surface area (Å²) in [6.45, 7) is 0. The maximum atomic E-state index is 10.8. The fraction of sp³-hybridized carbons (Fsp3) is 0.0769. The summed E-state index contributed by atoms with van der Waals surface area (Å²) in [7, 11) is 1.52. The minimum absolute atomic E-state index is 0.125.